The van der Waals surface area contributed by atoms with Gasteiger partial charge in [0.25, 0.3) is 0 Å². The summed E-state index contributed by atoms with van der Waals surface area (Å²) >= 11 is 6.21. The molecule has 1 aliphatic heterocycles. The van der Waals surface area contributed by atoms with Crippen LogP contribution in [0.25, 0.3) is 5.69 Å². The van der Waals surface area contributed by atoms with Crippen LogP contribution in [0.1, 0.15) is 39.0 Å². The lowest BCUT2D eigenvalue weighted by Crippen LogP contribution is -2.46. The number of sulfone groups is 1. The predicted octanol–water partition coefficient (Wildman–Crippen LogP) is 2.81. The van der Waals surface area contributed by atoms with Gasteiger partial charge < -0.3 is 10.2 Å². The molecular formula is C23H24ClF3N6O4S. The summed E-state index contributed by atoms with van der Waals surface area (Å²) < 4.78 is 66.3. The number of rotatable bonds is 6. The largest absolute Gasteiger partial charge is 0.403 e. The van der Waals surface area contributed by atoms with Gasteiger partial charge in [0.05, 0.1) is 39.3 Å². The summed E-state index contributed by atoms with van der Waals surface area (Å²) in [4.78, 5) is 24.6. The van der Waals surface area contributed by atoms with E-state index < -0.39 is 44.2 Å². The van der Waals surface area contributed by atoms with Crippen molar-refractivity contribution in [1.82, 2.24) is 25.2 Å². The van der Waals surface area contributed by atoms with Gasteiger partial charge in [0.15, 0.2) is 9.84 Å². The van der Waals surface area contributed by atoms with Gasteiger partial charge in [-0.05, 0) is 57.2 Å². The summed E-state index contributed by atoms with van der Waals surface area (Å²) in [7, 11) is -3.97. The minimum atomic E-state index is -4.64. The third-order valence-electron chi connectivity index (χ3n) is 7.11. The van der Waals surface area contributed by atoms with Crippen LogP contribution in [0.2, 0.25) is 5.02 Å². The Kier molecular flexibility index (Phi) is 7.22. The number of alkyl halides is 3. The first-order valence-electron chi connectivity index (χ1n) is 11.7. The van der Waals surface area contributed by atoms with Crippen molar-refractivity contribution in [3.63, 3.8) is 0 Å². The molecule has 1 N–H and O–H groups in total. The normalized spacial score (nSPS) is 23.0. The zero-order chi connectivity index (χ0) is 27.9. The molecule has 1 aromatic heterocycles. The minimum absolute atomic E-state index is 0.0425. The Labute approximate surface area is 221 Å². The van der Waals surface area contributed by atoms with Crippen molar-refractivity contribution in [1.29, 1.82) is 5.26 Å². The summed E-state index contributed by atoms with van der Waals surface area (Å²) in [5.41, 5.74) is -2.38. The Balaban J connectivity index is 0.000000360. The number of nitrogens with zero attached hydrogens (tertiary/aromatic N) is 5. The molecule has 0 spiro atoms. The SMILES string of the molecule is C[C@@H]1CC(S(=O)(=O)c2ccc(-n3nccn3)cc2Cl)CN1C(=O)C1(C(F)(F)F)CC1.N#CC1(NC=O)CC1. The highest BCUT2D eigenvalue weighted by molar-refractivity contribution is 7.92. The second-order valence-electron chi connectivity index (χ2n) is 9.68. The molecule has 1 aromatic carbocycles. The number of hydrogen-bond acceptors (Lipinski definition) is 7. The molecule has 3 fully saturated rings. The zero-order valence-corrected chi connectivity index (χ0v) is 21.7. The van der Waals surface area contributed by atoms with E-state index in [9.17, 15) is 31.2 Å². The summed E-state index contributed by atoms with van der Waals surface area (Å²) in [6.45, 7) is 1.27. The van der Waals surface area contributed by atoms with Gasteiger partial charge in [0.1, 0.15) is 11.0 Å². The van der Waals surface area contributed by atoms with E-state index in [1.54, 1.807) is 6.92 Å². The lowest BCUT2D eigenvalue weighted by molar-refractivity contribution is -0.198. The Morgan fingerprint density at radius 3 is 2.32 bits per heavy atom. The van der Waals surface area contributed by atoms with Gasteiger partial charge in [-0.2, -0.15) is 33.4 Å². The maximum absolute atomic E-state index is 13.3. The lowest BCUT2D eigenvalue weighted by Gasteiger charge is -2.28. The highest BCUT2D eigenvalue weighted by Gasteiger charge is 2.70. The molecule has 2 saturated carbocycles. The topological polar surface area (TPSA) is 138 Å². The summed E-state index contributed by atoms with van der Waals surface area (Å²) in [6, 6.07) is 5.60. The molecule has 3 aliphatic rings. The van der Waals surface area contributed by atoms with Crippen LogP contribution in [0.15, 0.2) is 35.5 Å². The van der Waals surface area contributed by atoms with Gasteiger partial charge in [-0.3, -0.25) is 9.59 Å². The van der Waals surface area contributed by atoms with E-state index in [4.69, 9.17) is 16.9 Å². The van der Waals surface area contributed by atoms with Crippen LogP contribution in [0.5, 0.6) is 0 Å². The molecule has 0 bridgehead atoms. The highest BCUT2D eigenvalue weighted by atomic mass is 35.5. The van der Waals surface area contributed by atoms with Crippen LogP contribution in [0.3, 0.4) is 0 Å². The van der Waals surface area contributed by atoms with Crippen LogP contribution in [-0.4, -0.2) is 70.2 Å². The van der Waals surface area contributed by atoms with Crippen LogP contribution in [0, 0.1) is 16.7 Å². The van der Waals surface area contributed by atoms with E-state index in [1.165, 1.54) is 35.4 Å². The smallest absolute Gasteiger partial charge is 0.340 e. The first-order valence-corrected chi connectivity index (χ1v) is 13.6. The molecule has 2 aliphatic carbocycles. The second-order valence-corrected chi connectivity index (χ2v) is 12.3. The first kappa shape index (κ1) is 27.8. The van der Waals surface area contributed by atoms with Crippen molar-refractivity contribution in [2.45, 2.75) is 66.9 Å². The predicted molar refractivity (Wildman–Crippen MR) is 128 cm³/mol. The zero-order valence-electron chi connectivity index (χ0n) is 20.2. The highest BCUT2D eigenvalue weighted by Crippen LogP contribution is 2.59. The molecule has 0 radical (unpaired) electrons. The maximum Gasteiger partial charge on any atom is 0.403 e. The summed E-state index contributed by atoms with van der Waals surface area (Å²) in [5, 5.41) is 17.6. The number of aromatic nitrogens is 3. The molecule has 204 valence electrons. The Bertz CT molecular complexity index is 1370. The van der Waals surface area contributed by atoms with E-state index in [-0.39, 0.29) is 35.7 Å². The van der Waals surface area contributed by atoms with E-state index >= 15 is 0 Å². The Morgan fingerprint density at radius 1 is 1.24 bits per heavy atom. The monoisotopic (exact) mass is 572 g/mol. The van der Waals surface area contributed by atoms with Crippen LogP contribution >= 0.6 is 11.6 Å². The number of nitriles is 1. The van der Waals surface area contributed by atoms with E-state index in [0.29, 0.717) is 12.1 Å². The summed E-state index contributed by atoms with van der Waals surface area (Å²) in [5.74, 6) is -1.04. The van der Waals surface area contributed by atoms with Crippen molar-refractivity contribution in [3.8, 4) is 11.8 Å². The average Bonchev–Trinajstić information content (AvgIpc) is 3.73. The number of amides is 2. The third-order valence-corrected chi connectivity index (χ3v) is 9.72. The number of carbonyl (C=O) groups is 2. The molecule has 2 aromatic rings. The number of carbonyl (C=O) groups excluding carboxylic acids is 2. The van der Waals surface area contributed by atoms with Crippen molar-refractivity contribution in [2.75, 3.05) is 6.54 Å². The minimum Gasteiger partial charge on any atom is -0.340 e. The van der Waals surface area contributed by atoms with E-state index in [0.717, 1.165) is 17.7 Å². The van der Waals surface area contributed by atoms with Crippen molar-refractivity contribution in [2.24, 2.45) is 5.41 Å². The van der Waals surface area contributed by atoms with Crippen molar-refractivity contribution >= 4 is 33.8 Å². The molecule has 38 heavy (non-hydrogen) atoms. The van der Waals surface area contributed by atoms with Gasteiger partial charge in [0.2, 0.25) is 12.3 Å². The van der Waals surface area contributed by atoms with Gasteiger partial charge in [0, 0.05) is 12.6 Å². The van der Waals surface area contributed by atoms with Crippen molar-refractivity contribution in [3.05, 3.63) is 35.6 Å². The second kappa shape index (κ2) is 9.85. The number of nitrogens with one attached hydrogen (secondary N) is 1. The van der Waals surface area contributed by atoms with E-state index in [2.05, 4.69) is 15.5 Å². The molecule has 2 heterocycles. The number of hydrogen-bond donors (Lipinski definition) is 1. The van der Waals surface area contributed by atoms with Crippen LogP contribution < -0.4 is 5.32 Å². The number of likely N-dealkylation sites (tertiary alicyclic amines) is 1. The standard InChI is InChI=1S/C18H18ClF3N4O3S.C5H6N2O/c1-11-8-13(10-25(11)16(27)17(4-5-17)18(20,21)22)30(28,29)15-3-2-12(9-14(15)19)26-23-6-7-24-26;6-3-5(1-2-5)7-4-8/h2-3,6-7,9,11,13H,4-5,8,10H2,1H3;4H,1-2H2,(H,7,8)/t11-,13?;/m1./s1. The molecule has 15 heteroatoms. The summed E-state index contributed by atoms with van der Waals surface area (Å²) in [6.07, 6.45) is -0.00724. The van der Waals surface area contributed by atoms with Crippen molar-refractivity contribution < 1.29 is 31.2 Å². The third kappa shape index (κ3) is 5.09. The molecule has 5 rings (SSSR count). The van der Waals surface area contributed by atoms with Crippen LogP contribution in [0.4, 0.5) is 13.2 Å². The fraction of sp³-hybridized carbons (Fsp3) is 0.522. The Morgan fingerprint density at radius 2 is 1.87 bits per heavy atom. The molecule has 2 amide bonds. The van der Waals surface area contributed by atoms with Gasteiger partial charge in [-0.1, -0.05) is 11.6 Å². The van der Waals surface area contributed by atoms with Gasteiger partial charge in [-0.15, -0.1) is 0 Å². The quantitative estimate of drug-likeness (QED) is 0.525. The molecule has 1 saturated heterocycles. The van der Waals surface area contributed by atoms with Gasteiger partial charge in [-0.25, -0.2) is 8.42 Å². The molecule has 1 unspecified atom stereocenters. The molecule has 10 nitrogen and oxygen atoms in total. The average molecular weight is 573 g/mol. The number of benzene rings is 1. The number of halogens is 4. The van der Waals surface area contributed by atoms with Crippen LogP contribution in [-0.2, 0) is 19.4 Å². The fourth-order valence-corrected chi connectivity index (χ4v) is 6.74. The van der Waals surface area contributed by atoms with E-state index in [1.807, 2.05) is 6.07 Å². The fourth-order valence-electron chi connectivity index (χ4n) is 4.41. The Hall–Kier alpha value is -3.18. The molecule has 2 atom stereocenters. The first-order chi connectivity index (χ1) is 17.8. The molecular weight excluding hydrogens is 549 g/mol. The lowest BCUT2D eigenvalue weighted by atomic mass is 10.0. The maximum atomic E-state index is 13.3. The van der Waals surface area contributed by atoms with Gasteiger partial charge >= 0.3 is 6.18 Å².